The molecular weight excluding hydrogens is 363 g/mol. The van der Waals surface area contributed by atoms with Gasteiger partial charge in [0.05, 0.1) is 28.6 Å². The number of carbonyl (C=O) groups is 1. The number of halogens is 2. The molecule has 1 aromatic heterocycles. The zero-order valence-electron chi connectivity index (χ0n) is 14.5. The van der Waals surface area contributed by atoms with Crippen LogP contribution in [0.4, 0.5) is 9.18 Å². The Hall–Kier alpha value is -2.22. The summed E-state index contributed by atoms with van der Waals surface area (Å²) < 4.78 is 13.2. The molecule has 4 N–H and O–H groups in total. The SMILES string of the molecule is CC(C)(O)c1cc(C(C)(O)CNC(=O)O)nc(-c2ccc(F)cc2)c1Cl. The molecule has 1 aromatic carbocycles. The minimum Gasteiger partial charge on any atom is -0.465 e. The smallest absolute Gasteiger partial charge is 0.404 e. The van der Waals surface area contributed by atoms with Crippen molar-refractivity contribution in [1.82, 2.24) is 10.3 Å². The van der Waals surface area contributed by atoms with Crippen LogP contribution in [0.2, 0.25) is 5.02 Å². The predicted octanol–water partition coefficient (Wildman–Crippen LogP) is 3.24. The Morgan fingerprint density at radius 1 is 1.23 bits per heavy atom. The van der Waals surface area contributed by atoms with Crippen molar-refractivity contribution >= 4 is 17.7 Å². The van der Waals surface area contributed by atoms with Crippen LogP contribution in [0.3, 0.4) is 0 Å². The van der Waals surface area contributed by atoms with E-state index in [4.69, 9.17) is 16.7 Å². The van der Waals surface area contributed by atoms with Gasteiger partial charge in [-0.3, -0.25) is 0 Å². The standard InChI is InChI=1S/C18H20ClFN2O4/c1-17(2,25)12-8-13(18(3,26)9-21-16(23)24)22-15(14(12)19)10-4-6-11(20)7-5-10/h4-8,21,25-26H,9H2,1-3H3,(H,23,24). The quantitative estimate of drug-likeness (QED) is 0.635. The molecule has 0 radical (unpaired) electrons. The van der Waals surface area contributed by atoms with Gasteiger partial charge in [-0.25, -0.2) is 14.2 Å². The number of hydrogen-bond acceptors (Lipinski definition) is 4. The topological polar surface area (TPSA) is 103 Å². The van der Waals surface area contributed by atoms with Crippen LogP contribution in [-0.4, -0.2) is 32.9 Å². The highest BCUT2D eigenvalue weighted by Gasteiger charge is 2.31. The second-order valence-corrected chi connectivity index (χ2v) is 7.09. The number of aromatic nitrogens is 1. The summed E-state index contributed by atoms with van der Waals surface area (Å²) in [4.78, 5) is 15.1. The number of pyridine rings is 1. The highest BCUT2D eigenvalue weighted by atomic mass is 35.5. The van der Waals surface area contributed by atoms with E-state index in [1.807, 2.05) is 0 Å². The van der Waals surface area contributed by atoms with Crippen LogP contribution >= 0.6 is 11.6 Å². The van der Waals surface area contributed by atoms with E-state index in [0.717, 1.165) is 0 Å². The monoisotopic (exact) mass is 382 g/mol. The largest absolute Gasteiger partial charge is 0.465 e. The van der Waals surface area contributed by atoms with Gasteiger partial charge in [-0.2, -0.15) is 0 Å². The van der Waals surface area contributed by atoms with Crippen LogP contribution in [-0.2, 0) is 11.2 Å². The molecule has 1 atom stereocenters. The van der Waals surface area contributed by atoms with Crippen LogP contribution in [0.25, 0.3) is 11.3 Å². The first-order valence-corrected chi connectivity index (χ1v) is 8.18. The van der Waals surface area contributed by atoms with E-state index >= 15 is 0 Å². The first kappa shape index (κ1) is 20.1. The molecule has 1 unspecified atom stereocenters. The molecule has 1 amide bonds. The maximum absolute atomic E-state index is 13.2. The van der Waals surface area contributed by atoms with Crippen molar-refractivity contribution in [1.29, 1.82) is 0 Å². The van der Waals surface area contributed by atoms with Crippen LogP contribution in [0.1, 0.15) is 32.0 Å². The lowest BCUT2D eigenvalue weighted by Crippen LogP contribution is -2.39. The Bertz CT molecular complexity index is 817. The lowest BCUT2D eigenvalue weighted by molar-refractivity contribution is 0.0506. The highest BCUT2D eigenvalue weighted by molar-refractivity contribution is 6.34. The van der Waals surface area contributed by atoms with Gasteiger partial charge in [-0.05, 0) is 51.1 Å². The lowest BCUT2D eigenvalue weighted by Gasteiger charge is -2.27. The third-order valence-corrected chi connectivity index (χ3v) is 4.25. The number of benzene rings is 1. The molecule has 0 fully saturated rings. The van der Waals surface area contributed by atoms with Gasteiger partial charge >= 0.3 is 6.09 Å². The summed E-state index contributed by atoms with van der Waals surface area (Å²) >= 11 is 6.41. The summed E-state index contributed by atoms with van der Waals surface area (Å²) in [5.74, 6) is -0.429. The fourth-order valence-electron chi connectivity index (χ4n) is 2.39. The molecule has 140 valence electrons. The van der Waals surface area contributed by atoms with Gasteiger partial charge in [0, 0.05) is 11.1 Å². The molecule has 0 aliphatic rings. The fourth-order valence-corrected chi connectivity index (χ4v) is 2.83. The molecule has 0 saturated carbocycles. The summed E-state index contributed by atoms with van der Waals surface area (Å²) in [6.45, 7) is 4.13. The number of nitrogens with one attached hydrogen (secondary N) is 1. The average Bonchev–Trinajstić information content (AvgIpc) is 2.53. The first-order valence-electron chi connectivity index (χ1n) is 7.81. The van der Waals surface area contributed by atoms with Crippen molar-refractivity contribution in [3.05, 3.63) is 52.4 Å². The summed E-state index contributed by atoms with van der Waals surface area (Å²) in [5.41, 5.74) is -1.84. The molecule has 0 saturated heterocycles. The molecule has 0 aliphatic carbocycles. The number of carboxylic acid groups (broad SMARTS) is 1. The van der Waals surface area contributed by atoms with Gasteiger partial charge in [0.2, 0.25) is 0 Å². The van der Waals surface area contributed by atoms with Gasteiger partial charge in [0.1, 0.15) is 11.4 Å². The number of aliphatic hydroxyl groups is 2. The third-order valence-electron chi connectivity index (χ3n) is 3.87. The first-order chi connectivity index (χ1) is 11.9. The zero-order chi connectivity index (χ0) is 19.7. The predicted molar refractivity (Wildman–Crippen MR) is 95.5 cm³/mol. The van der Waals surface area contributed by atoms with E-state index in [1.165, 1.54) is 51.1 Å². The van der Waals surface area contributed by atoms with Crippen molar-refractivity contribution < 1.29 is 24.5 Å². The van der Waals surface area contributed by atoms with Crippen molar-refractivity contribution in [2.75, 3.05) is 6.54 Å². The highest BCUT2D eigenvalue weighted by Crippen LogP contribution is 2.37. The third kappa shape index (κ3) is 4.49. The molecule has 0 aliphatic heterocycles. The number of hydrogen-bond donors (Lipinski definition) is 4. The van der Waals surface area contributed by atoms with E-state index in [0.29, 0.717) is 11.1 Å². The number of nitrogens with zero attached hydrogens (tertiary/aromatic N) is 1. The Kier molecular flexibility index (Phi) is 5.55. The summed E-state index contributed by atoms with van der Waals surface area (Å²) in [6.07, 6.45) is -1.29. The minimum absolute atomic E-state index is 0.118. The molecule has 2 aromatic rings. The van der Waals surface area contributed by atoms with Gasteiger partial charge in [0.15, 0.2) is 0 Å². The van der Waals surface area contributed by atoms with Crippen LogP contribution in [0.15, 0.2) is 30.3 Å². The average molecular weight is 383 g/mol. The molecule has 1 heterocycles. The second kappa shape index (κ2) is 7.19. The minimum atomic E-state index is -1.66. The van der Waals surface area contributed by atoms with E-state index in [1.54, 1.807) is 0 Å². The van der Waals surface area contributed by atoms with Crippen LogP contribution in [0.5, 0.6) is 0 Å². The molecule has 0 bridgehead atoms. The second-order valence-electron chi connectivity index (χ2n) is 6.72. The maximum Gasteiger partial charge on any atom is 0.404 e. The van der Waals surface area contributed by atoms with Gasteiger partial charge in [0.25, 0.3) is 0 Å². The zero-order valence-corrected chi connectivity index (χ0v) is 15.3. The van der Waals surface area contributed by atoms with E-state index < -0.39 is 23.1 Å². The van der Waals surface area contributed by atoms with Gasteiger partial charge in [-0.15, -0.1) is 0 Å². The fraction of sp³-hybridized carbons (Fsp3) is 0.333. The number of amides is 1. The van der Waals surface area contributed by atoms with Crippen molar-refractivity contribution in [3.8, 4) is 11.3 Å². The molecule has 6 nitrogen and oxygen atoms in total. The normalized spacial score (nSPS) is 14.0. The molecule has 2 rings (SSSR count). The Morgan fingerprint density at radius 2 is 1.81 bits per heavy atom. The van der Waals surface area contributed by atoms with Crippen molar-refractivity contribution in [2.45, 2.75) is 32.0 Å². The maximum atomic E-state index is 13.2. The van der Waals surface area contributed by atoms with Crippen molar-refractivity contribution in [3.63, 3.8) is 0 Å². The van der Waals surface area contributed by atoms with E-state index in [9.17, 15) is 19.4 Å². The molecule has 8 heteroatoms. The van der Waals surface area contributed by atoms with Gasteiger partial charge in [-0.1, -0.05) is 11.6 Å². The van der Waals surface area contributed by atoms with Gasteiger partial charge < -0.3 is 20.6 Å². The van der Waals surface area contributed by atoms with E-state index in [-0.39, 0.29) is 23.0 Å². The molecule has 0 spiro atoms. The summed E-state index contributed by atoms with van der Waals surface area (Å²) in [6, 6.07) is 6.87. The Balaban J connectivity index is 2.64. The van der Waals surface area contributed by atoms with Crippen LogP contribution < -0.4 is 5.32 Å². The number of rotatable bonds is 5. The molecular formula is C18H20ClFN2O4. The lowest BCUT2D eigenvalue weighted by atomic mass is 9.92. The summed E-state index contributed by atoms with van der Waals surface area (Å²) in [5, 5.41) is 32.1. The Morgan fingerprint density at radius 3 is 2.31 bits per heavy atom. The Labute approximate surface area is 155 Å². The summed E-state index contributed by atoms with van der Waals surface area (Å²) in [7, 11) is 0. The van der Waals surface area contributed by atoms with Crippen molar-refractivity contribution in [2.24, 2.45) is 0 Å². The molecule has 26 heavy (non-hydrogen) atoms. The van der Waals surface area contributed by atoms with Crippen LogP contribution in [0, 0.1) is 5.82 Å². The van der Waals surface area contributed by atoms with E-state index in [2.05, 4.69) is 10.3 Å².